The predicted molar refractivity (Wildman–Crippen MR) is 73.1 cm³/mol. The molecule has 106 valence electrons. The van der Waals surface area contributed by atoms with Gasteiger partial charge in [-0.1, -0.05) is 0 Å². The molecule has 1 aliphatic carbocycles. The summed E-state index contributed by atoms with van der Waals surface area (Å²) < 4.78 is 10.4. The Morgan fingerprint density at radius 1 is 1.15 bits per heavy atom. The number of carboxylic acid groups (broad SMARTS) is 1. The number of rotatable bonds is 6. The number of carboxylic acids is 1. The Kier molecular flexibility index (Phi) is 4.08. The average Bonchev–Trinajstić information content (AvgIpc) is 2.85. The van der Waals surface area contributed by atoms with Crippen molar-refractivity contribution in [3.63, 3.8) is 0 Å². The van der Waals surface area contributed by atoms with Crippen LogP contribution in [-0.2, 0) is 16.0 Å². The second-order valence-corrected chi connectivity index (χ2v) is 4.57. The Bertz CT molecular complexity index is 586. The van der Waals surface area contributed by atoms with E-state index >= 15 is 0 Å². The predicted octanol–water partition coefficient (Wildman–Crippen LogP) is 2.08. The van der Waals surface area contributed by atoms with E-state index in [0.29, 0.717) is 23.5 Å². The lowest BCUT2D eigenvalue weighted by atomic mass is 10.0. The van der Waals surface area contributed by atoms with Crippen molar-refractivity contribution in [1.82, 2.24) is 0 Å². The maximum absolute atomic E-state index is 11.9. The Morgan fingerprint density at radius 2 is 1.80 bits per heavy atom. The fourth-order valence-corrected chi connectivity index (χ4v) is 2.23. The highest BCUT2D eigenvalue weighted by molar-refractivity contribution is 6.02. The average molecular weight is 276 g/mol. The molecule has 0 atom stereocenters. The zero-order valence-corrected chi connectivity index (χ0v) is 11.4. The molecule has 0 bridgehead atoms. The summed E-state index contributed by atoms with van der Waals surface area (Å²) in [5.74, 6) is 0.153. The van der Waals surface area contributed by atoms with Crippen molar-refractivity contribution < 1.29 is 24.2 Å². The number of ether oxygens (including phenoxy) is 2. The Labute approximate surface area is 116 Å². The summed E-state index contributed by atoms with van der Waals surface area (Å²) in [4.78, 5) is 22.4. The maximum Gasteiger partial charge on any atom is 0.303 e. The molecule has 0 fully saturated rings. The molecule has 5 heteroatoms. The van der Waals surface area contributed by atoms with Gasteiger partial charge in [-0.05, 0) is 29.3 Å². The van der Waals surface area contributed by atoms with Crippen LogP contribution in [0.15, 0.2) is 17.7 Å². The van der Waals surface area contributed by atoms with Crippen LogP contribution in [0.3, 0.4) is 0 Å². The van der Waals surface area contributed by atoms with Crippen LogP contribution in [0.4, 0.5) is 0 Å². The zero-order chi connectivity index (χ0) is 14.7. The number of fused-ring (bicyclic) bond motifs is 1. The van der Waals surface area contributed by atoms with Gasteiger partial charge in [0.25, 0.3) is 0 Å². The molecule has 5 nitrogen and oxygen atoms in total. The lowest BCUT2D eigenvalue weighted by Gasteiger charge is -2.09. The highest BCUT2D eigenvalue weighted by atomic mass is 16.5. The summed E-state index contributed by atoms with van der Waals surface area (Å²) in [6, 6.07) is 3.67. The van der Waals surface area contributed by atoms with Crippen LogP contribution < -0.4 is 9.47 Å². The molecule has 0 saturated carbocycles. The smallest absolute Gasteiger partial charge is 0.303 e. The standard InChI is InChI=1S/C15H16O5/c1-19-13-7-9-5-11(12(16)3-4-15(17)18)6-10(9)8-14(13)20-2/h5,7-8H,3-4,6H2,1-2H3,(H,17,18). The van der Waals surface area contributed by atoms with Gasteiger partial charge >= 0.3 is 5.97 Å². The van der Waals surface area contributed by atoms with Crippen molar-refractivity contribution in [2.45, 2.75) is 19.3 Å². The molecule has 0 unspecified atom stereocenters. The fourth-order valence-electron chi connectivity index (χ4n) is 2.23. The van der Waals surface area contributed by atoms with Gasteiger partial charge < -0.3 is 14.6 Å². The number of aliphatic carboxylic acids is 1. The Balaban J connectivity index is 2.18. The zero-order valence-electron chi connectivity index (χ0n) is 11.4. The highest BCUT2D eigenvalue weighted by Gasteiger charge is 2.21. The Hall–Kier alpha value is -2.30. The summed E-state index contributed by atoms with van der Waals surface area (Å²) in [6.07, 6.45) is 2.19. The molecule has 0 heterocycles. The number of benzene rings is 1. The van der Waals surface area contributed by atoms with E-state index in [2.05, 4.69) is 0 Å². The van der Waals surface area contributed by atoms with E-state index in [4.69, 9.17) is 14.6 Å². The molecule has 0 radical (unpaired) electrons. The number of ketones is 1. The quantitative estimate of drug-likeness (QED) is 0.861. The van der Waals surface area contributed by atoms with Crippen LogP contribution in [0.5, 0.6) is 11.5 Å². The van der Waals surface area contributed by atoms with Gasteiger partial charge in [-0.25, -0.2) is 0 Å². The first-order valence-electron chi connectivity index (χ1n) is 6.25. The molecule has 20 heavy (non-hydrogen) atoms. The number of methoxy groups -OCH3 is 2. The lowest BCUT2D eigenvalue weighted by Crippen LogP contribution is -2.06. The summed E-state index contributed by atoms with van der Waals surface area (Å²) in [7, 11) is 3.12. The van der Waals surface area contributed by atoms with Gasteiger partial charge in [0.15, 0.2) is 17.3 Å². The second-order valence-electron chi connectivity index (χ2n) is 4.57. The maximum atomic E-state index is 11.9. The Morgan fingerprint density at radius 3 is 2.40 bits per heavy atom. The first kappa shape index (κ1) is 14.1. The third-order valence-electron chi connectivity index (χ3n) is 3.28. The second kappa shape index (κ2) is 5.77. The van der Waals surface area contributed by atoms with Crippen LogP contribution in [0.2, 0.25) is 0 Å². The SMILES string of the molecule is COc1cc2c(cc1OC)CC(C(=O)CCC(=O)O)=C2. The molecule has 0 spiro atoms. The monoisotopic (exact) mass is 276 g/mol. The number of Topliss-reactive ketones (excluding diaryl/α,β-unsaturated/α-hetero) is 1. The van der Waals surface area contributed by atoms with Gasteiger partial charge in [0, 0.05) is 18.4 Å². The fraction of sp³-hybridized carbons (Fsp3) is 0.333. The molecule has 1 aromatic rings. The molecule has 0 aliphatic heterocycles. The molecule has 1 aromatic carbocycles. The van der Waals surface area contributed by atoms with E-state index in [1.807, 2.05) is 12.1 Å². The molecule has 0 saturated heterocycles. The minimum atomic E-state index is -0.960. The number of carbonyl (C=O) groups excluding carboxylic acids is 1. The summed E-state index contributed by atoms with van der Waals surface area (Å²) in [5, 5.41) is 8.61. The van der Waals surface area contributed by atoms with Crippen molar-refractivity contribution >= 4 is 17.8 Å². The molecule has 1 N–H and O–H groups in total. The third kappa shape index (κ3) is 2.82. The minimum Gasteiger partial charge on any atom is -0.493 e. The van der Waals surface area contributed by atoms with Crippen molar-refractivity contribution in [2.75, 3.05) is 14.2 Å². The molecule has 1 aliphatic rings. The van der Waals surface area contributed by atoms with E-state index in [9.17, 15) is 9.59 Å². The van der Waals surface area contributed by atoms with Crippen LogP contribution in [0.25, 0.3) is 6.08 Å². The third-order valence-corrected chi connectivity index (χ3v) is 3.28. The molecule has 0 aromatic heterocycles. The number of hydrogen-bond acceptors (Lipinski definition) is 4. The van der Waals surface area contributed by atoms with E-state index in [0.717, 1.165) is 11.1 Å². The normalized spacial score (nSPS) is 12.6. The summed E-state index contributed by atoms with van der Waals surface area (Å²) in [6.45, 7) is 0. The van der Waals surface area contributed by atoms with E-state index in [1.54, 1.807) is 20.3 Å². The number of carbonyl (C=O) groups is 2. The van der Waals surface area contributed by atoms with Crippen molar-refractivity contribution in [2.24, 2.45) is 0 Å². The largest absolute Gasteiger partial charge is 0.493 e. The van der Waals surface area contributed by atoms with Gasteiger partial charge in [0.2, 0.25) is 0 Å². The summed E-state index contributed by atoms with van der Waals surface area (Å²) in [5.41, 5.74) is 2.54. The highest BCUT2D eigenvalue weighted by Crippen LogP contribution is 2.36. The van der Waals surface area contributed by atoms with Crippen molar-refractivity contribution in [3.8, 4) is 11.5 Å². The minimum absolute atomic E-state index is 0.0312. The van der Waals surface area contributed by atoms with Crippen LogP contribution in [0.1, 0.15) is 24.0 Å². The van der Waals surface area contributed by atoms with Crippen molar-refractivity contribution in [1.29, 1.82) is 0 Å². The lowest BCUT2D eigenvalue weighted by molar-refractivity contribution is -0.138. The van der Waals surface area contributed by atoms with Crippen molar-refractivity contribution in [3.05, 3.63) is 28.8 Å². The number of hydrogen-bond donors (Lipinski definition) is 1. The van der Waals surface area contributed by atoms with Gasteiger partial charge in [0.1, 0.15) is 0 Å². The summed E-state index contributed by atoms with van der Waals surface area (Å²) >= 11 is 0. The molecular weight excluding hydrogens is 260 g/mol. The van der Waals surface area contributed by atoms with Gasteiger partial charge in [0.05, 0.1) is 20.6 Å². The number of allylic oxidation sites excluding steroid dienone is 1. The molecule has 2 rings (SSSR count). The van der Waals surface area contributed by atoms with Crippen LogP contribution in [0, 0.1) is 0 Å². The first-order chi connectivity index (χ1) is 9.55. The van der Waals surface area contributed by atoms with Gasteiger partial charge in [-0.2, -0.15) is 0 Å². The molecular formula is C15H16O5. The first-order valence-corrected chi connectivity index (χ1v) is 6.25. The van der Waals surface area contributed by atoms with E-state index in [-0.39, 0.29) is 18.6 Å². The van der Waals surface area contributed by atoms with Gasteiger partial charge in [-0.15, -0.1) is 0 Å². The van der Waals surface area contributed by atoms with Crippen LogP contribution in [-0.4, -0.2) is 31.1 Å². The van der Waals surface area contributed by atoms with E-state index in [1.165, 1.54) is 0 Å². The van der Waals surface area contributed by atoms with Crippen LogP contribution >= 0.6 is 0 Å². The van der Waals surface area contributed by atoms with Gasteiger partial charge in [-0.3, -0.25) is 9.59 Å². The topological polar surface area (TPSA) is 72.8 Å². The van der Waals surface area contributed by atoms with E-state index < -0.39 is 5.97 Å². The molecule has 0 amide bonds.